The van der Waals surface area contributed by atoms with Gasteiger partial charge in [-0.25, -0.2) is 13.4 Å². The number of carbonyl (C=O) groups excluding carboxylic acids is 1. The molecule has 1 aromatic heterocycles. The van der Waals surface area contributed by atoms with Gasteiger partial charge in [0.1, 0.15) is 4.34 Å². The lowest BCUT2D eigenvalue weighted by atomic mass is 9.69. The van der Waals surface area contributed by atoms with E-state index >= 15 is 0 Å². The van der Waals surface area contributed by atoms with Gasteiger partial charge in [0.25, 0.3) is 5.91 Å². The molecule has 1 unspecified atom stereocenters. The third-order valence-corrected chi connectivity index (χ3v) is 9.80. The van der Waals surface area contributed by atoms with Gasteiger partial charge in [-0.2, -0.15) is 0 Å². The molecule has 10 heteroatoms. The van der Waals surface area contributed by atoms with Crippen LogP contribution in [0.3, 0.4) is 0 Å². The molecule has 1 aromatic carbocycles. The number of nitrogens with one attached hydrogen (secondary N) is 1. The summed E-state index contributed by atoms with van der Waals surface area (Å²) >= 11 is 13.2. The smallest absolute Gasteiger partial charge is 0.257 e. The Morgan fingerprint density at radius 1 is 1.37 bits per heavy atom. The molecule has 1 fully saturated rings. The summed E-state index contributed by atoms with van der Waals surface area (Å²) in [6.45, 7) is 5.59. The van der Waals surface area contributed by atoms with Crippen LogP contribution in [0, 0.1) is 11.8 Å². The number of halogens is 2. The highest BCUT2D eigenvalue weighted by atomic mass is 35.5. The minimum absolute atomic E-state index is 0.0671. The molecule has 30 heavy (non-hydrogen) atoms. The summed E-state index contributed by atoms with van der Waals surface area (Å²) in [6.07, 6.45) is 2.77. The van der Waals surface area contributed by atoms with E-state index in [1.807, 2.05) is 13.8 Å². The Bertz CT molecular complexity index is 1050. The van der Waals surface area contributed by atoms with Crippen LogP contribution in [-0.4, -0.2) is 35.3 Å². The molecule has 0 radical (unpaired) electrons. The summed E-state index contributed by atoms with van der Waals surface area (Å²) in [5, 5.41) is 13.1. The van der Waals surface area contributed by atoms with E-state index in [4.69, 9.17) is 23.2 Å². The molecular formula is C20H24Cl2N2O4S2. The number of aromatic nitrogens is 1. The quantitative estimate of drug-likeness (QED) is 0.610. The van der Waals surface area contributed by atoms with Crippen molar-refractivity contribution >= 4 is 55.4 Å². The zero-order valence-corrected chi connectivity index (χ0v) is 20.0. The van der Waals surface area contributed by atoms with E-state index < -0.39 is 26.6 Å². The fourth-order valence-electron chi connectivity index (χ4n) is 4.04. The maximum Gasteiger partial charge on any atom is 0.257 e. The zero-order valence-electron chi connectivity index (χ0n) is 16.9. The molecule has 1 aliphatic rings. The highest BCUT2D eigenvalue weighted by Gasteiger charge is 2.47. The van der Waals surface area contributed by atoms with Gasteiger partial charge in [0.05, 0.1) is 27.0 Å². The SMILES string of the molecule is CCC1C[C@@H](S(=O)(=O)c2cc(C(=O)Nc3ncc(Cl)s3)ccc2Cl)C[C@H](C)[C@]1(C)O. The molecular weight excluding hydrogens is 467 g/mol. The topological polar surface area (TPSA) is 96.4 Å². The number of carbonyl (C=O) groups is 1. The molecule has 0 aliphatic heterocycles. The number of amides is 1. The Morgan fingerprint density at radius 2 is 2.07 bits per heavy atom. The van der Waals surface area contributed by atoms with E-state index in [0.717, 1.165) is 11.3 Å². The fourth-order valence-corrected chi connectivity index (χ4v) is 7.31. The second kappa shape index (κ2) is 8.74. The number of sulfone groups is 1. The number of thiazole rings is 1. The first-order chi connectivity index (χ1) is 14.0. The Hall–Kier alpha value is -1.19. The number of nitrogens with zero attached hydrogens (tertiary/aromatic N) is 1. The van der Waals surface area contributed by atoms with Crippen LogP contribution in [0.15, 0.2) is 29.3 Å². The van der Waals surface area contributed by atoms with E-state index in [1.165, 1.54) is 24.4 Å². The van der Waals surface area contributed by atoms with Gasteiger partial charge < -0.3 is 5.11 Å². The summed E-state index contributed by atoms with van der Waals surface area (Å²) in [4.78, 5) is 16.5. The van der Waals surface area contributed by atoms with Crippen molar-refractivity contribution in [2.24, 2.45) is 11.8 Å². The van der Waals surface area contributed by atoms with Crippen LogP contribution in [0.1, 0.15) is 50.4 Å². The molecule has 4 atom stereocenters. The van der Waals surface area contributed by atoms with Gasteiger partial charge >= 0.3 is 0 Å². The third kappa shape index (κ3) is 4.53. The normalized spacial score (nSPS) is 27.1. The van der Waals surface area contributed by atoms with Gasteiger partial charge in [-0.05, 0) is 49.8 Å². The van der Waals surface area contributed by atoms with E-state index in [1.54, 1.807) is 6.92 Å². The number of rotatable bonds is 5. The van der Waals surface area contributed by atoms with Crippen molar-refractivity contribution < 1.29 is 18.3 Å². The lowest BCUT2D eigenvalue weighted by molar-refractivity contribution is -0.0729. The highest BCUT2D eigenvalue weighted by Crippen LogP contribution is 2.44. The maximum absolute atomic E-state index is 13.4. The van der Waals surface area contributed by atoms with Crippen molar-refractivity contribution in [3.05, 3.63) is 39.3 Å². The Kier molecular flexibility index (Phi) is 6.84. The molecule has 1 aliphatic carbocycles. The van der Waals surface area contributed by atoms with Gasteiger partial charge in [0.15, 0.2) is 15.0 Å². The Balaban J connectivity index is 1.90. The Morgan fingerprint density at radius 3 is 2.67 bits per heavy atom. The van der Waals surface area contributed by atoms with Crippen LogP contribution >= 0.6 is 34.5 Å². The molecule has 2 N–H and O–H groups in total. The van der Waals surface area contributed by atoms with E-state index in [2.05, 4.69) is 10.3 Å². The largest absolute Gasteiger partial charge is 0.390 e. The molecule has 2 aromatic rings. The number of aliphatic hydroxyl groups is 1. The van der Waals surface area contributed by atoms with Crippen LogP contribution in [0.25, 0.3) is 0 Å². The van der Waals surface area contributed by atoms with Gasteiger partial charge in [-0.3, -0.25) is 10.1 Å². The molecule has 1 saturated carbocycles. The summed E-state index contributed by atoms with van der Waals surface area (Å²) in [6, 6.07) is 4.19. The van der Waals surface area contributed by atoms with Gasteiger partial charge in [-0.15, -0.1) is 0 Å². The molecule has 6 nitrogen and oxygen atoms in total. The van der Waals surface area contributed by atoms with E-state index in [9.17, 15) is 18.3 Å². The average Bonchev–Trinajstić information content (AvgIpc) is 3.08. The predicted octanol–water partition coefficient (Wildman–Crippen LogP) is 5.05. The molecule has 1 amide bonds. The summed E-state index contributed by atoms with van der Waals surface area (Å²) in [5.41, 5.74) is -0.756. The van der Waals surface area contributed by atoms with Crippen molar-refractivity contribution in [3.8, 4) is 0 Å². The van der Waals surface area contributed by atoms with Gasteiger partial charge in [0, 0.05) is 5.56 Å². The van der Waals surface area contributed by atoms with Crippen LogP contribution in [0.4, 0.5) is 5.13 Å². The standard InChI is InChI=1S/C20H24Cl2N2O4S2/c1-4-13-9-14(7-11(2)20(13,3)26)30(27,28)16-8-12(5-6-15(16)21)18(25)24-19-23-10-17(22)29-19/h5-6,8,10-11,13-14,26H,4,7,9H2,1-3H3,(H,23,24,25)/t11-,13?,14-,20-/m0/s1. The molecule has 3 rings (SSSR count). The lowest BCUT2D eigenvalue weighted by Gasteiger charge is -2.45. The Labute approximate surface area is 190 Å². The molecule has 0 saturated heterocycles. The van der Waals surface area contributed by atoms with Crippen LogP contribution < -0.4 is 5.32 Å². The number of hydrogen-bond donors (Lipinski definition) is 2. The minimum atomic E-state index is -3.80. The minimum Gasteiger partial charge on any atom is -0.390 e. The summed E-state index contributed by atoms with van der Waals surface area (Å²) < 4.78 is 27.3. The average molecular weight is 491 g/mol. The first-order valence-electron chi connectivity index (χ1n) is 9.65. The molecule has 164 valence electrons. The monoisotopic (exact) mass is 490 g/mol. The second-order valence-corrected chi connectivity index (χ2v) is 12.2. The van der Waals surface area contributed by atoms with Crippen LogP contribution in [0.2, 0.25) is 9.36 Å². The zero-order chi connectivity index (χ0) is 22.3. The number of hydrogen-bond acceptors (Lipinski definition) is 6. The van der Waals surface area contributed by atoms with Crippen molar-refractivity contribution in [2.75, 3.05) is 5.32 Å². The summed E-state index contributed by atoms with van der Waals surface area (Å²) in [5.74, 6) is -0.822. The highest BCUT2D eigenvalue weighted by molar-refractivity contribution is 7.92. The van der Waals surface area contributed by atoms with Crippen molar-refractivity contribution in [1.29, 1.82) is 0 Å². The molecule has 0 spiro atoms. The lowest BCUT2D eigenvalue weighted by Crippen LogP contribution is -2.49. The molecule has 1 heterocycles. The first-order valence-corrected chi connectivity index (χ1v) is 12.8. The van der Waals surface area contributed by atoms with Crippen molar-refractivity contribution in [3.63, 3.8) is 0 Å². The summed E-state index contributed by atoms with van der Waals surface area (Å²) in [7, 11) is -3.80. The predicted molar refractivity (Wildman–Crippen MR) is 120 cm³/mol. The van der Waals surface area contributed by atoms with Crippen LogP contribution in [0.5, 0.6) is 0 Å². The van der Waals surface area contributed by atoms with E-state index in [0.29, 0.717) is 28.7 Å². The fraction of sp³-hybridized carbons (Fsp3) is 0.500. The van der Waals surface area contributed by atoms with E-state index in [-0.39, 0.29) is 27.3 Å². The molecule has 0 bridgehead atoms. The number of benzene rings is 1. The first kappa shape index (κ1) is 23.5. The van der Waals surface area contributed by atoms with Gasteiger partial charge in [-0.1, -0.05) is 54.8 Å². The van der Waals surface area contributed by atoms with Crippen LogP contribution in [-0.2, 0) is 9.84 Å². The van der Waals surface area contributed by atoms with Crippen molar-refractivity contribution in [2.45, 2.75) is 55.8 Å². The van der Waals surface area contributed by atoms with Crippen molar-refractivity contribution in [1.82, 2.24) is 4.98 Å². The van der Waals surface area contributed by atoms with Gasteiger partial charge in [0.2, 0.25) is 0 Å². The number of anilines is 1. The second-order valence-electron chi connectivity index (χ2n) is 7.94. The maximum atomic E-state index is 13.4. The third-order valence-electron chi connectivity index (χ3n) is 6.12.